The van der Waals surface area contributed by atoms with Gasteiger partial charge in [0.25, 0.3) is 0 Å². The third kappa shape index (κ3) is 4.89. The first-order valence-corrected chi connectivity index (χ1v) is 10.0. The van der Waals surface area contributed by atoms with Gasteiger partial charge >= 0.3 is 0 Å². The Labute approximate surface area is 172 Å². The van der Waals surface area contributed by atoms with Crippen molar-refractivity contribution in [3.63, 3.8) is 0 Å². The van der Waals surface area contributed by atoms with E-state index in [-0.39, 0.29) is 17.4 Å². The number of nitrogens with zero attached hydrogens (tertiary/aromatic N) is 1. The zero-order chi connectivity index (χ0) is 20.9. The molecule has 1 aliphatic carbocycles. The second-order valence-corrected chi connectivity index (χ2v) is 8.06. The second-order valence-electron chi connectivity index (χ2n) is 8.06. The Hall–Kier alpha value is -3.00. The molecule has 5 nitrogen and oxygen atoms in total. The summed E-state index contributed by atoms with van der Waals surface area (Å²) in [6.07, 6.45) is 3.01. The van der Waals surface area contributed by atoms with Gasteiger partial charge in [-0.15, -0.1) is 0 Å². The van der Waals surface area contributed by atoms with E-state index in [1.165, 1.54) is 11.1 Å². The number of amides is 1. The average Bonchev–Trinajstić information content (AvgIpc) is 2.73. The second kappa shape index (κ2) is 9.00. The summed E-state index contributed by atoms with van der Waals surface area (Å²) in [5.74, 6) is 1.14. The van der Waals surface area contributed by atoms with E-state index in [1.54, 1.807) is 25.3 Å². The lowest BCUT2D eigenvalue weighted by Gasteiger charge is -2.37. The van der Waals surface area contributed by atoms with Gasteiger partial charge in [0.15, 0.2) is 11.5 Å². The van der Waals surface area contributed by atoms with Crippen molar-refractivity contribution >= 4 is 5.91 Å². The Kier molecular flexibility index (Phi) is 6.43. The van der Waals surface area contributed by atoms with Gasteiger partial charge in [-0.1, -0.05) is 38.1 Å². The van der Waals surface area contributed by atoms with Crippen LogP contribution in [0.4, 0.5) is 0 Å². The van der Waals surface area contributed by atoms with Crippen LogP contribution in [0, 0.1) is 11.3 Å². The summed E-state index contributed by atoms with van der Waals surface area (Å²) in [6.45, 7) is 4.93. The monoisotopic (exact) mass is 392 g/mol. The maximum atomic E-state index is 12.5. The van der Waals surface area contributed by atoms with Crippen LogP contribution in [0.3, 0.4) is 0 Å². The van der Waals surface area contributed by atoms with Crippen molar-refractivity contribution < 1.29 is 14.3 Å². The van der Waals surface area contributed by atoms with Gasteiger partial charge in [0.2, 0.25) is 5.91 Å². The summed E-state index contributed by atoms with van der Waals surface area (Å²) in [5.41, 5.74) is 3.22. The normalized spacial score (nSPS) is 17.0. The largest absolute Gasteiger partial charge is 0.493 e. The van der Waals surface area contributed by atoms with Gasteiger partial charge in [0, 0.05) is 12.5 Å². The van der Waals surface area contributed by atoms with Crippen LogP contribution in [-0.4, -0.2) is 19.6 Å². The first kappa shape index (κ1) is 20.7. The molecule has 0 aromatic heterocycles. The van der Waals surface area contributed by atoms with Gasteiger partial charge in [0.05, 0.1) is 31.4 Å². The van der Waals surface area contributed by atoms with E-state index in [1.807, 2.05) is 6.07 Å². The Morgan fingerprint density at radius 1 is 1.24 bits per heavy atom. The number of carbonyl (C=O) groups excluding carboxylic acids is 1. The minimum Gasteiger partial charge on any atom is -0.493 e. The van der Waals surface area contributed by atoms with Crippen molar-refractivity contribution in [2.75, 3.05) is 13.7 Å². The van der Waals surface area contributed by atoms with Crippen LogP contribution in [0.2, 0.25) is 0 Å². The van der Waals surface area contributed by atoms with Crippen LogP contribution in [0.25, 0.3) is 0 Å². The Bertz CT molecular complexity index is 915. The molecule has 1 N–H and O–H groups in total. The molecule has 1 unspecified atom stereocenters. The molecule has 3 rings (SSSR count). The predicted octanol–water partition coefficient (Wildman–Crippen LogP) is 4.65. The molecule has 0 aliphatic heterocycles. The smallest absolute Gasteiger partial charge is 0.220 e. The molecule has 2 aromatic rings. The number of methoxy groups -OCH3 is 1. The first-order valence-electron chi connectivity index (χ1n) is 10.0. The molecule has 0 radical (unpaired) electrons. The average molecular weight is 392 g/mol. The van der Waals surface area contributed by atoms with Crippen LogP contribution in [0.1, 0.15) is 62.3 Å². The minimum atomic E-state index is 0.0416. The maximum absolute atomic E-state index is 12.5. The summed E-state index contributed by atoms with van der Waals surface area (Å²) in [7, 11) is 1.54. The van der Waals surface area contributed by atoms with Crippen molar-refractivity contribution in [2.45, 2.75) is 51.0 Å². The van der Waals surface area contributed by atoms with Gasteiger partial charge < -0.3 is 14.8 Å². The molecule has 152 valence electrons. The molecule has 0 saturated carbocycles. The number of ether oxygens (including phenoxy) is 2. The van der Waals surface area contributed by atoms with Gasteiger partial charge in [-0.2, -0.15) is 5.26 Å². The molecule has 0 spiro atoms. The molecule has 2 aromatic carbocycles. The van der Waals surface area contributed by atoms with E-state index in [4.69, 9.17) is 14.7 Å². The number of hydrogen-bond acceptors (Lipinski definition) is 4. The Morgan fingerprint density at radius 2 is 2.03 bits per heavy atom. The Balaban J connectivity index is 1.51. The van der Waals surface area contributed by atoms with E-state index in [2.05, 4.69) is 43.4 Å². The number of nitrogens with one attached hydrogen (secondary N) is 1. The number of carbonyl (C=O) groups is 1. The number of nitriles is 1. The van der Waals surface area contributed by atoms with Gasteiger partial charge in [0.1, 0.15) is 0 Å². The van der Waals surface area contributed by atoms with Crippen LogP contribution < -0.4 is 14.8 Å². The number of fused-ring (bicyclic) bond motifs is 1. The lowest BCUT2D eigenvalue weighted by molar-refractivity contribution is -0.122. The molecule has 1 amide bonds. The zero-order valence-electron chi connectivity index (χ0n) is 17.3. The lowest BCUT2D eigenvalue weighted by Crippen LogP contribution is -2.35. The summed E-state index contributed by atoms with van der Waals surface area (Å²) in [6, 6.07) is 15.6. The molecule has 5 heteroatoms. The summed E-state index contributed by atoms with van der Waals surface area (Å²) < 4.78 is 11.0. The van der Waals surface area contributed by atoms with Gasteiger partial charge in [-0.3, -0.25) is 4.79 Å². The van der Waals surface area contributed by atoms with E-state index >= 15 is 0 Å². The predicted molar refractivity (Wildman–Crippen MR) is 112 cm³/mol. The topological polar surface area (TPSA) is 71.3 Å². The van der Waals surface area contributed by atoms with Crippen molar-refractivity contribution in [1.82, 2.24) is 5.32 Å². The maximum Gasteiger partial charge on any atom is 0.220 e. The number of hydrogen-bond donors (Lipinski definition) is 1. The molecule has 29 heavy (non-hydrogen) atoms. The van der Waals surface area contributed by atoms with Crippen LogP contribution >= 0.6 is 0 Å². The fraction of sp³-hybridized carbons (Fsp3) is 0.417. The SMILES string of the molecule is COc1cc(C#N)ccc1OCCCC(=O)NC1CCC(C)(C)c2ccccc21. The van der Waals surface area contributed by atoms with Crippen molar-refractivity contribution in [2.24, 2.45) is 0 Å². The summed E-state index contributed by atoms with van der Waals surface area (Å²) in [5, 5.41) is 12.2. The highest BCUT2D eigenvalue weighted by atomic mass is 16.5. The van der Waals surface area contributed by atoms with Crippen molar-refractivity contribution in [3.05, 3.63) is 59.2 Å². The molecule has 0 fully saturated rings. The molecule has 0 saturated heterocycles. The highest BCUT2D eigenvalue weighted by Crippen LogP contribution is 2.41. The standard InChI is InChI=1S/C24H28N2O3/c1-24(2)13-12-20(18-7-4-5-8-19(18)24)26-23(27)9-6-14-29-21-11-10-17(16-25)15-22(21)28-3/h4-5,7-8,10-11,15,20H,6,9,12-14H2,1-3H3,(H,26,27). The molecular weight excluding hydrogens is 364 g/mol. The Morgan fingerprint density at radius 3 is 2.79 bits per heavy atom. The zero-order valence-corrected chi connectivity index (χ0v) is 17.3. The minimum absolute atomic E-state index is 0.0416. The van der Waals surface area contributed by atoms with Gasteiger partial charge in [-0.25, -0.2) is 0 Å². The fourth-order valence-corrected chi connectivity index (χ4v) is 3.90. The molecule has 0 bridgehead atoms. The third-order valence-corrected chi connectivity index (χ3v) is 5.56. The molecule has 1 atom stereocenters. The highest BCUT2D eigenvalue weighted by molar-refractivity contribution is 5.76. The summed E-state index contributed by atoms with van der Waals surface area (Å²) >= 11 is 0. The molecular formula is C24H28N2O3. The quantitative estimate of drug-likeness (QED) is 0.696. The van der Waals surface area contributed by atoms with Crippen LogP contribution in [-0.2, 0) is 10.2 Å². The van der Waals surface area contributed by atoms with E-state index < -0.39 is 0 Å². The third-order valence-electron chi connectivity index (χ3n) is 5.56. The first-order chi connectivity index (χ1) is 13.9. The molecule has 0 heterocycles. The van der Waals surface area contributed by atoms with E-state index in [0.29, 0.717) is 36.5 Å². The summed E-state index contributed by atoms with van der Waals surface area (Å²) in [4.78, 5) is 12.5. The fourth-order valence-electron chi connectivity index (χ4n) is 3.90. The lowest BCUT2D eigenvalue weighted by atomic mass is 9.71. The van der Waals surface area contributed by atoms with Crippen LogP contribution in [0.5, 0.6) is 11.5 Å². The number of benzene rings is 2. The number of rotatable bonds is 7. The molecule has 1 aliphatic rings. The van der Waals surface area contributed by atoms with E-state index in [0.717, 1.165) is 12.8 Å². The van der Waals surface area contributed by atoms with E-state index in [9.17, 15) is 4.79 Å². The van der Waals surface area contributed by atoms with Crippen molar-refractivity contribution in [1.29, 1.82) is 5.26 Å². The van der Waals surface area contributed by atoms with Crippen LogP contribution in [0.15, 0.2) is 42.5 Å². The van der Waals surface area contributed by atoms with Gasteiger partial charge in [-0.05, 0) is 47.9 Å². The highest BCUT2D eigenvalue weighted by Gasteiger charge is 2.32. The van der Waals surface area contributed by atoms with Crippen molar-refractivity contribution in [3.8, 4) is 17.6 Å².